The largest absolute Gasteiger partial charge is 0.354 e. The van der Waals surface area contributed by atoms with E-state index in [2.05, 4.69) is 28.7 Å². The molecule has 0 radical (unpaired) electrons. The molecule has 0 spiro atoms. The smallest absolute Gasteiger partial charge is 0.231 e. The quantitative estimate of drug-likeness (QED) is 0.805. The van der Waals surface area contributed by atoms with Gasteiger partial charge in [0.25, 0.3) is 0 Å². The number of fused-ring (bicyclic) bond motifs is 1. The van der Waals surface area contributed by atoms with E-state index < -0.39 is 0 Å². The lowest BCUT2D eigenvalue weighted by Gasteiger charge is -2.25. The van der Waals surface area contributed by atoms with Crippen LogP contribution in [-0.4, -0.2) is 36.0 Å². The Bertz CT molecular complexity index is 506. The molecule has 2 heterocycles. The lowest BCUT2D eigenvalue weighted by Crippen LogP contribution is -2.35. The number of rotatable bonds is 3. The van der Waals surface area contributed by atoms with Gasteiger partial charge in [-0.05, 0) is 23.9 Å². The minimum absolute atomic E-state index is 0.0693. The summed E-state index contributed by atoms with van der Waals surface area (Å²) in [4.78, 5) is 24.4. The van der Waals surface area contributed by atoms with Crippen LogP contribution < -0.4 is 9.80 Å². The Morgan fingerprint density at radius 2 is 2.20 bits per heavy atom. The van der Waals surface area contributed by atoms with Crippen LogP contribution >= 0.6 is 11.6 Å². The summed E-state index contributed by atoms with van der Waals surface area (Å²) in [5, 5.41) is 0.216. The van der Waals surface area contributed by atoms with Crippen LogP contribution in [0.5, 0.6) is 0 Å². The van der Waals surface area contributed by atoms with Gasteiger partial charge >= 0.3 is 0 Å². The molecule has 0 saturated carbocycles. The van der Waals surface area contributed by atoms with Gasteiger partial charge in [-0.2, -0.15) is 4.98 Å². The fraction of sp³-hybridized carbons (Fsp3) is 0.643. The van der Waals surface area contributed by atoms with Crippen molar-refractivity contribution in [2.75, 3.05) is 29.9 Å². The summed E-state index contributed by atoms with van der Waals surface area (Å²) >= 11 is 5.93. The van der Waals surface area contributed by atoms with E-state index in [1.54, 1.807) is 18.1 Å². The molecule has 0 aromatic carbocycles. The van der Waals surface area contributed by atoms with E-state index >= 15 is 0 Å². The first-order valence-corrected chi connectivity index (χ1v) is 7.33. The zero-order valence-corrected chi connectivity index (χ0v) is 13.2. The van der Waals surface area contributed by atoms with Gasteiger partial charge in [-0.1, -0.05) is 20.8 Å². The number of hydrogen-bond acceptors (Lipinski definition) is 4. The molecule has 1 atom stereocenters. The summed E-state index contributed by atoms with van der Waals surface area (Å²) in [5.41, 5.74) is 0.729. The Kier molecular flexibility index (Phi) is 4.48. The normalized spacial score (nSPS) is 19.3. The van der Waals surface area contributed by atoms with Crippen molar-refractivity contribution in [1.29, 1.82) is 0 Å². The number of carbonyl (C=O) groups is 1. The molecule has 1 aromatic heterocycles. The minimum atomic E-state index is -0.0693. The number of nitrogens with zero attached hydrogens (tertiary/aromatic N) is 4. The second-order valence-electron chi connectivity index (χ2n) is 5.77. The van der Waals surface area contributed by atoms with Crippen LogP contribution in [0.25, 0.3) is 0 Å². The molecule has 0 aliphatic carbocycles. The summed E-state index contributed by atoms with van der Waals surface area (Å²) in [5.74, 6) is 1.37. The Balaban J connectivity index is 2.39. The summed E-state index contributed by atoms with van der Waals surface area (Å²) in [6, 6.07) is 0. The maximum Gasteiger partial charge on any atom is 0.231 e. The van der Waals surface area contributed by atoms with Gasteiger partial charge in [-0.25, -0.2) is 4.98 Å². The van der Waals surface area contributed by atoms with Gasteiger partial charge in [0.2, 0.25) is 11.2 Å². The standard InChI is InChI=1S/C14H21ClN4O/c1-9(2)5-6-19-8-10(3)13(20)18(4)11-7-16-14(15)17-12(11)19/h7,9-10H,5-6,8H2,1-4H3. The Morgan fingerprint density at radius 3 is 2.85 bits per heavy atom. The third kappa shape index (κ3) is 3.03. The van der Waals surface area contributed by atoms with Crippen molar-refractivity contribution in [1.82, 2.24) is 9.97 Å². The molecule has 0 bridgehead atoms. The first-order chi connectivity index (χ1) is 9.40. The van der Waals surface area contributed by atoms with Crippen LogP contribution in [0.4, 0.5) is 11.5 Å². The minimum Gasteiger partial charge on any atom is -0.354 e. The summed E-state index contributed by atoms with van der Waals surface area (Å²) < 4.78 is 0. The molecular weight excluding hydrogens is 276 g/mol. The van der Waals surface area contributed by atoms with Gasteiger partial charge in [-0.15, -0.1) is 0 Å². The second kappa shape index (κ2) is 5.95. The van der Waals surface area contributed by atoms with Crippen LogP contribution in [0, 0.1) is 11.8 Å². The predicted octanol–water partition coefficient (Wildman–Crippen LogP) is 2.60. The highest BCUT2D eigenvalue weighted by molar-refractivity contribution is 6.28. The summed E-state index contributed by atoms with van der Waals surface area (Å²) in [7, 11) is 1.76. The predicted molar refractivity (Wildman–Crippen MR) is 81.3 cm³/mol. The molecule has 1 aliphatic rings. The first kappa shape index (κ1) is 15.0. The van der Waals surface area contributed by atoms with Gasteiger partial charge in [0, 0.05) is 20.1 Å². The summed E-state index contributed by atoms with van der Waals surface area (Å²) in [6.45, 7) is 7.85. The van der Waals surface area contributed by atoms with E-state index in [0.717, 1.165) is 24.5 Å². The van der Waals surface area contributed by atoms with Crippen molar-refractivity contribution in [3.05, 3.63) is 11.5 Å². The highest BCUT2D eigenvalue weighted by Crippen LogP contribution is 2.32. The third-order valence-electron chi connectivity index (χ3n) is 3.60. The third-order valence-corrected chi connectivity index (χ3v) is 3.79. The first-order valence-electron chi connectivity index (χ1n) is 6.95. The molecule has 0 fully saturated rings. The molecule has 2 rings (SSSR count). The molecule has 0 saturated heterocycles. The fourth-order valence-electron chi connectivity index (χ4n) is 2.37. The Morgan fingerprint density at radius 1 is 1.50 bits per heavy atom. The molecule has 20 heavy (non-hydrogen) atoms. The monoisotopic (exact) mass is 296 g/mol. The van der Waals surface area contributed by atoms with Crippen LogP contribution in [0.3, 0.4) is 0 Å². The van der Waals surface area contributed by atoms with E-state index in [1.165, 1.54) is 0 Å². The molecule has 1 aliphatic heterocycles. The van der Waals surface area contributed by atoms with Gasteiger partial charge in [-0.3, -0.25) is 4.79 Å². The van der Waals surface area contributed by atoms with E-state index in [-0.39, 0.29) is 17.1 Å². The van der Waals surface area contributed by atoms with E-state index in [1.807, 2.05) is 6.92 Å². The van der Waals surface area contributed by atoms with Crippen molar-refractivity contribution in [2.45, 2.75) is 27.2 Å². The van der Waals surface area contributed by atoms with Crippen molar-refractivity contribution in [3.63, 3.8) is 0 Å². The van der Waals surface area contributed by atoms with Gasteiger partial charge in [0.05, 0.1) is 12.1 Å². The van der Waals surface area contributed by atoms with Crippen LogP contribution in [-0.2, 0) is 4.79 Å². The van der Waals surface area contributed by atoms with Crippen molar-refractivity contribution in [2.24, 2.45) is 11.8 Å². The molecule has 110 valence electrons. The highest BCUT2D eigenvalue weighted by Gasteiger charge is 2.30. The average Bonchev–Trinajstić information content (AvgIpc) is 2.48. The Hall–Kier alpha value is -1.36. The maximum atomic E-state index is 12.3. The van der Waals surface area contributed by atoms with Gasteiger partial charge in [0.1, 0.15) is 5.69 Å². The molecule has 6 heteroatoms. The van der Waals surface area contributed by atoms with E-state index in [9.17, 15) is 4.79 Å². The summed E-state index contributed by atoms with van der Waals surface area (Å²) in [6.07, 6.45) is 2.68. The van der Waals surface area contributed by atoms with Crippen molar-refractivity contribution in [3.8, 4) is 0 Å². The zero-order chi connectivity index (χ0) is 14.9. The van der Waals surface area contributed by atoms with Crippen molar-refractivity contribution >= 4 is 29.0 Å². The lowest BCUT2D eigenvalue weighted by atomic mass is 10.1. The number of amides is 1. The van der Waals surface area contributed by atoms with Gasteiger partial charge in [0.15, 0.2) is 5.82 Å². The molecule has 0 N–H and O–H groups in total. The molecule has 1 aromatic rings. The van der Waals surface area contributed by atoms with Crippen LogP contribution in [0.2, 0.25) is 5.28 Å². The molecule has 1 amide bonds. The zero-order valence-electron chi connectivity index (χ0n) is 12.4. The number of hydrogen-bond donors (Lipinski definition) is 0. The van der Waals surface area contributed by atoms with Crippen LogP contribution in [0.1, 0.15) is 27.2 Å². The van der Waals surface area contributed by atoms with Crippen LogP contribution in [0.15, 0.2) is 6.20 Å². The molecule has 5 nitrogen and oxygen atoms in total. The fourth-order valence-corrected chi connectivity index (χ4v) is 2.50. The number of anilines is 2. The lowest BCUT2D eigenvalue weighted by molar-refractivity contribution is -0.121. The number of aromatic nitrogens is 2. The second-order valence-corrected chi connectivity index (χ2v) is 6.11. The molecule has 1 unspecified atom stereocenters. The highest BCUT2D eigenvalue weighted by atomic mass is 35.5. The van der Waals surface area contributed by atoms with Gasteiger partial charge < -0.3 is 9.80 Å². The molecular formula is C14H21ClN4O. The van der Waals surface area contributed by atoms with E-state index in [0.29, 0.717) is 12.5 Å². The topological polar surface area (TPSA) is 49.3 Å². The Labute approximate surface area is 124 Å². The van der Waals surface area contributed by atoms with Crippen molar-refractivity contribution < 1.29 is 4.79 Å². The average molecular weight is 297 g/mol. The maximum absolute atomic E-state index is 12.3. The number of carbonyl (C=O) groups excluding carboxylic acids is 1. The van der Waals surface area contributed by atoms with E-state index in [4.69, 9.17) is 11.6 Å². The number of halogens is 1. The SMILES string of the molecule is CC(C)CCN1CC(C)C(=O)N(C)c2cnc(Cl)nc21.